The van der Waals surface area contributed by atoms with Crippen molar-refractivity contribution in [2.45, 2.75) is 6.42 Å². The molecule has 0 saturated carbocycles. The first-order valence-electron chi connectivity index (χ1n) is 7.70. The van der Waals surface area contributed by atoms with Crippen molar-refractivity contribution in [3.63, 3.8) is 0 Å². The molecule has 2 aromatic carbocycles. The van der Waals surface area contributed by atoms with E-state index in [1.165, 1.54) is 0 Å². The Kier molecular flexibility index (Phi) is 6.68. The van der Waals surface area contributed by atoms with E-state index in [1.807, 2.05) is 60.7 Å². The van der Waals surface area contributed by atoms with E-state index in [-0.39, 0.29) is 0 Å². The van der Waals surface area contributed by atoms with Crippen LogP contribution in [0.4, 0.5) is 0 Å². The van der Waals surface area contributed by atoms with Crippen LogP contribution in [0.15, 0.2) is 79.0 Å². The fourth-order valence-electron chi connectivity index (χ4n) is 2.23. The average Bonchev–Trinajstić information content (AvgIpc) is 2.64. The van der Waals surface area contributed by atoms with Crippen LogP contribution in [0.2, 0.25) is 0 Å². The van der Waals surface area contributed by atoms with Crippen LogP contribution < -0.4 is 5.73 Å². The molecule has 0 atom stereocenters. The molecule has 0 radical (unpaired) electrons. The van der Waals surface area contributed by atoms with Crippen molar-refractivity contribution in [3.05, 3.63) is 90.3 Å². The third-order valence-corrected chi connectivity index (χ3v) is 3.37. The third-order valence-electron chi connectivity index (χ3n) is 3.37. The summed E-state index contributed by atoms with van der Waals surface area (Å²) in [5.74, 6) is -0.894. The molecular formula is C20H20N2O2. The van der Waals surface area contributed by atoms with Crippen LogP contribution in [0.3, 0.4) is 0 Å². The first-order valence-corrected chi connectivity index (χ1v) is 7.70. The van der Waals surface area contributed by atoms with E-state index in [9.17, 15) is 4.79 Å². The van der Waals surface area contributed by atoms with E-state index in [0.29, 0.717) is 12.1 Å². The van der Waals surface area contributed by atoms with Crippen molar-refractivity contribution < 1.29 is 9.90 Å². The molecule has 0 unspecified atom stereocenters. The topological polar surface area (TPSA) is 76.2 Å². The van der Waals surface area contributed by atoms with E-state index in [4.69, 9.17) is 10.8 Å². The zero-order chi connectivity index (χ0) is 17.2. The second-order valence-corrected chi connectivity index (χ2v) is 5.08. The van der Waals surface area contributed by atoms with Crippen LogP contribution >= 0.6 is 0 Å². The Balaban J connectivity index is 0.000000198. The number of aromatic carboxylic acids is 1. The summed E-state index contributed by atoms with van der Waals surface area (Å²) < 4.78 is 0. The van der Waals surface area contributed by atoms with Crippen molar-refractivity contribution in [2.24, 2.45) is 5.73 Å². The molecule has 3 aromatic rings. The number of aromatic nitrogens is 1. The van der Waals surface area contributed by atoms with Gasteiger partial charge in [0.15, 0.2) is 0 Å². The fraction of sp³-hybridized carbons (Fsp3) is 0.100. The SMILES string of the molecule is NCCc1ccccn1.O=C(O)c1ccccc1-c1ccccc1. The zero-order valence-corrected chi connectivity index (χ0v) is 13.3. The minimum atomic E-state index is -0.894. The van der Waals surface area contributed by atoms with Crippen molar-refractivity contribution >= 4 is 5.97 Å². The Labute approximate surface area is 141 Å². The number of carboxylic acid groups (broad SMARTS) is 1. The molecule has 4 nitrogen and oxygen atoms in total. The lowest BCUT2D eigenvalue weighted by molar-refractivity contribution is 0.0697. The summed E-state index contributed by atoms with van der Waals surface area (Å²) in [5, 5.41) is 9.03. The quantitative estimate of drug-likeness (QED) is 0.769. The first-order chi connectivity index (χ1) is 11.7. The molecule has 1 heterocycles. The Hall–Kier alpha value is -2.98. The molecule has 3 rings (SSSR count). The van der Waals surface area contributed by atoms with Crippen LogP contribution in [0, 0.1) is 0 Å². The molecule has 4 heteroatoms. The molecule has 0 aliphatic carbocycles. The summed E-state index contributed by atoms with van der Waals surface area (Å²) in [5.41, 5.74) is 8.41. The van der Waals surface area contributed by atoms with Gasteiger partial charge < -0.3 is 10.8 Å². The second kappa shape index (κ2) is 9.22. The summed E-state index contributed by atoms with van der Waals surface area (Å²) in [4.78, 5) is 15.1. The van der Waals surface area contributed by atoms with Gasteiger partial charge >= 0.3 is 5.97 Å². The number of pyridine rings is 1. The Bertz CT molecular complexity index is 759. The van der Waals surface area contributed by atoms with Gasteiger partial charge in [0.05, 0.1) is 5.56 Å². The average molecular weight is 320 g/mol. The molecule has 0 aliphatic rings. The van der Waals surface area contributed by atoms with Gasteiger partial charge in [-0.05, 0) is 35.9 Å². The van der Waals surface area contributed by atoms with E-state index >= 15 is 0 Å². The second-order valence-electron chi connectivity index (χ2n) is 5.08. The van der Waals surface area contributed by atoms with Crippen molar-refractivity contribution in [1.29, 1.82) is 0 Å². The highest BCUT2D eigenvalue weighted by Crippen LogP contribution is 2.22. The first kappa shape index (κ1) is 17.4. The molecule has 0 bridgehead atoms. The molecule has 0 saturated heterocycles. The lowest BCUT2D eigenvalue weighted by atomic mass is 10.00. The number of nitrogens with two attached hydrogens (primary N) is 1. The summed E-state index contributed by atoms with van der Waals surface area (Å²) >= 11 is 0. The Morgan fingerprint density at radius 1 is 0.917 bits per heavy atom. The van der Waals surface area contributed by atoms with Crippen LogP contribution in [0.5, 0.6) is 0 Å². The van der Waals surface area contributed by atoms with E-state index < -0.39 is 5.97 Å². The number of carbonyl (C=O) groups is 1. The number of nitrogens with zero attached hydrogens (tertiary/aromatic N) is 1. The summed E-state index contributed by atoms with van der Waals surface area (Å²) in [6, 6.07) is 22.4. The fourth-order valence-corrected chi connectivity index (χ4v) is 2.23. The van der Waals surface area contributed by atoms with Gasteiger partial charge in [-0.1, -0.05) is 54.6 Å². The molecule has 0 amide bonds. The Morgan fingerprint density at radius 3 is 2.21 bits per heavy atom. The van der Waals surface area contributed by atoms with E-state index in [2.05, 4.69) is 4.98 Å². The summed E-state index contributed by atoms with van der Waals surface area (Å²) in [6.07, 6.45) is 2.66. The molecular weight excluding hydrogens is 300 g/mol. The van der Waals surface area contributed by atoms with Gasteiger partial charge in [0, 0.05) is 18.3 Å². The lowest BCUT2D eigenvalue weighted by Crippen LogP contribution is -2.03. The van der Waals surface area contributed by atoms with Gasteiger partial charge in [-0.3, -0.25) is 4.98 Å². The maximum atomic E-state index is 11.0. The molecule has 122 valence electrons. The minimum absolute atomic E-state index is 0.337. The number of benzene rings is 2. The highest BCUT2D eigenvalue weighted by molar-refractivity contribution is 5.95. The van der Waals surface area contributed by atoms with Crippen LogP contribution in [0.25, 0.3) is 11.1 Å². The predicted octanol–water partition coefficient (Wildman–Crippen LogP) is 3.63. The molecule has 0 fully saturated rings. The molecule has 0 aliphatic heterocycles. The maximum Gasteiger partial charge on any atom is 0.336 e. The molecule has 24 heavy (non-hydrogen) atoms. The number of rotatable bonds is 4. The van der Waals surface area contributed by atoms with Gasteiger partial charge in [0.2, 0.25) is 0 Å². The number of hydrogen-bond acceptors (Lipinski definition) is 3. The number of hydrogen-bond donors (Lipinski definition) is 2. The molecule has 3 N–H and O–H groups in total. The lowest BCUT2D eigenvalue weighted by Gasteiger charge is -2.05. The van der Waals surface area contributed by atoms with Crippen molar-refractivity contribution in [3.8, 4) is 11.1 Å². The zero-order valence-electron chi connectivity index (χ0n) is 13.3. The largest absolute Gasteiger partial charge is 0.478 e. The Morgan fingerprint density at radius 2 is 1.58 bits per heavy atom. The predicted molar refractivity (Wildman–Crippen MR) is 95.8 cm³/mol. The minimum Gasteiger partial charge on any atom is -0.478 e. The van der Waals surface area contributed by atoms with Crippen molar-refractivity contribution in [1.82, 2.24) is 4.98 Å². The van der Waals surface area contributed by atoms with E-state index in [1.54, 1.807) is 18.3 Å². The molecule has 0 spiro atoms. The standard InChI is InChI=1S/C13H10O2.C7H10N2/c14-13(15)12-9-5-4-8-11(12)10-6-2-1-3-7-10;8-5-4-7-3-1-2-6-9-7/h1-9H,(H,14,15);1-3,6H,4-5,8H2. The maximum absolute atomic E-state index is 11.0. The third kappa shape index (κ3) is 5.04. The normalized spacial score (nSPS) is 9.71. The summed E-state index contributed by atoms with van der Waals surface area (Å²) in [7, 11) is 0. The monoisotopic (exact) mass is 320 g/mol. The van der Waals surface area contributed by atoms with Crippen LogP contribution in [-0.2, 0) is 6.42 Å². The van der Waals surface area contributed by atoms with E-state index in [0.717, 1.165) is 23.2 Å². The number of carboxylic acids is 1. The van der Waals surface area contributed by atoms with Gasteiger partial charge in [-0.25, -0.2) is 4.79 Å². The molecule has 1 aromatic heterocycles. The highest BCUT2D eigenvalue weighted by Gasteiger charge is 2.09. The van der Waals surface area contributed by atoms with Crippen molar-refractivity contribution in [2.75, 3.05) is 6.54 Å². The van der Waals surface area contributed by atoms with Gasteiger partial charge in [0.25, 0.3) is 0 Å². The van der Waals surface area contributed by atoms with Gasteiger partial charge in [-0.15, -0.1) is 0 Å². The van der Waals surface area contributed by atoms with Gasteiger partial charge in [-0.2, -0.15) is 0 Å². The smallest absolute Gasteiger partial charge is 0.336 e. The van der Waals surface area contributed by atoms with Gasteiger partial charge in [0.1, 0.15) is 0 Å². The van der Waals surface area contributed by atoms with Crippen LogP contribution in [0.1, 0.15) is 16.1 Å². The summed E-state index contributed by atoms with van der Waals surface area (Å²) in [6.45, 7) is 0.678. The van der Waals surface area contributed by atoms with Crippen LogP contribution in [-0.4, -0.2) is 22.6 Å². The highest BCUT2D eigenvalue weighted by atomic mass is 16.4.